The van der Waals surface area contributed by atoms with Gasteiger partial charge in [0.25, 0.3) is 0 Å². The van der Waals surface area contributed by atoms with Crippen LogP contribution in [0, 0.1) is 0 Å². The molecule has 1 unspecified atom stereocenters. The van der Waals surface area contributed by atoms with Gasteiger partial charge in [0.05, 0.1) is 12.1 Å². The summed E-state index contributed by atoms with van der Waals surface area (Å²) in [4.78, 5) is 12.6. The fraction of sp³-hybridized carbons (Fsp3) is 0.462. The molecule has 18 heavy (non-hydrogen) atoms. The molecule has 3 nitrogen and oxygen atoms in total. The highest BCUT2D eigenvalue weighted by atomic mass is 35.5. The predicted molar refractivity (Wildman–Crippen MR) is 76.3 cm³/mol. The Bertz CT molecular complexity index is 398. The van der Waals surface area contributed by atoms with Crippen LogP contribution in [0.1, 0.15) is 13.8 Å². The van der Waals surface area contributed by atoms with E-state index in [0.717, 1.165) is 4.90 Å². The van der Waals surface area contributed by atoms with Crippen molar-refractivity contribution in [1.29, 1.82) is 0 Å². The molecule has 0 aliphatic carbocycles. The highest BCUT2D eigenvalue weighted by Crippen LogP contribution is 2.27. The number of rotatable bonds is 6. The first kappa shape index (κ1) is 15.3. The molecule has 0 fully saturated rings. The van der Waals surface area contributed by atoms with Crippen LogP contribution in [-0.4, -0.2) is 30.9 Å². The van der Waals surface area contributed by atoms with Gasteiger partial charge in [0.2, 0.25) is 0 Å². The van der Waals surface area contributed by atoms with Crippen molar-refractivity contribution < 1.29 is 9.53 Å². The molecular weight excluding hydrogens is 270 g/mol. The number of hydrogen-bond acceptors (Lipinski definition) is 4. The second-order valence-corrected chi connectivity index (χ2v) is 5.61. The van der Waals surface area contributed by atoms with Crippen molar-refractivity contribution in [2.24, 2.45) is 0 Å². The SMILES string of the molecule is COC(=O)C(CSc1ccccc1Cl)NC(C)C. The smallest absolute Gasteiger partial charge is 0.323 e. The second kappa shape index (κ2) is 7.67. The maximum atomic E-state index is 11.6. The van der Waals surface area contributed by atoms with Gasteiger partial charge in [-0.3, -0.25) is 4.79 Å². The molecule has 0 amide bonds. The minimum absolute atomic E-state index is 0.223. The van der Waals surface area contributed by atoms with E-state index in [4.69, 9.17) is 16.3 Å². The molecule has 0 saturated carbocycles. The summed E-state index contributed by atoms with van der Waals surface area (Å²) in [6, 6.07) is 7.49. The zero-order chi connectivity index (χ0) is 13.5. The van der Waals surface area contributed by atoms with E-state index in [2.05, 4.69) is 5.32 Å². The Morgan fingerprint density at radius 3 is 2.67 bits per heavy atom. The van der Waals surface area contributed by atoms with Crippen molar-refractivity contribution >= 4 is 29.3 Å². The molecule has 0 aliphatic heterocycles. The lowest BCUT2D eigenvalue weighted by Gasteiger charge is -2.18. The van der Waals surface area contributed by atoms with Crippen LogP contribution in [0.5, 0.6) is 0 Å². The van der Waals surface area contributed by atoms with Gasteiger partial charge in [0, 0.05) is 16.7 Å². The summed E-state index contributed by atoms with van der Waals surface area (Å²) < 4.78 is 4.78. The van der Waals surface area contributed by atoms with Crippen LogP contribution < -0.4 is 5.32 Å². The van der Waals surface area contributed by atoms with Crippen molar-refractivity contribution in [1.82, 2.24) is 5.32 Å². The molecular formula is C13H18ClNO2S. The number of methoxy groups -OCH3 is 1. The molecule has 100 valence electrons. The van der Waals surface area contributed by atoms with Gasteiger partial charge in [-0.25, -0.2) is 0 Å². The molecule has 1 aromatic carbocycles. The molecule has 0 radical (unpaired) electrons. The van der Waals surface area contributed by atoms with E-state index in [9.17, 15) is 4.79 Å². The monoisotopic (exact) mass is 287 g/mol. The highest BCUT2D eigenvalue weighted by Gasteiger charge is 2.20. The minimum atomic E-state index is -0.323. The van der Waals surface area contributed by atoms with E-state index >= 15 is 0 Å². The zero-order valence-electron chi connectivity index (χ0n) is 10.8. The summed E-state index contributed by atoms with van der Waals surface area (Å²) in [5, 5.41) is 3.89. The topological polar surface area (TPSA) is 38.3 Å². The lowest BCUT2D eigenvalue weighted by atomic mass is 10.3. The van der Waals surface area contributed by atoms with Crippen molar-refractivity contribution in [3.8, 4) is 0 Å². The first-order valence-electron chi connectivity index (χ1n) is 5.75. The Labute approximate surface area is 117 Å². The third-order valence-corrected chi connectivity index (χ3v) is 3.87. The van der Waals surface area contributed by atoms with Gasteiger partial charge in [-0.15, -0.1) is 11.8 Å². The van der Waals surface area contributed by atoms with E-state index in [1.54, 1.807) is 11.8 Å². The fourth-order valence-corrected chi connectivity index (χ4v) is 2.72. The van der Waals surface area contributed by atoms with Gasteiger partial charge in [-0.05, 0) is 12.1 Å². The van der Waals surface area contributed by atoms with E-state index in [0.29, 0.717) is 10.8 Å². The van der Waals surface area contributed by atoms with Crippen LogP contribution in [0.4, 0.5) is 0 Å². The lowest BCUT2D eigenvalue weighted by Crippen LogP contribution is -2.43. The maximum Gasteiger partial charge on any atom is 0.323 e. The van der Waals surface area contributed by atoms with Gasteiger partial charge >= 0.3 is 5.97 Å². The summed E-state index contributed by atoms with van der Waals surface area (Å²) >= 11 is 7.62. The Balaban J connectivity index is 2.62. The largest absolute Gasteiger partial charge is 0.468 e. The molecule has 0 aromatic heterocycles. The molecule has 0 bridgehead atoms. The number of carbonyl (C=O) groups is 1. The summed E-state index contributed by atoms with van der Waals surface area (Å²) in [6.45, 7) is 3.99. The molecule has 0 aliphatic rings. The lowest BCUT2D eigenvalue weighted by molar-refractivity contribution is -0.142. The number of esters is 1. The molecule has 1 atom stereocenters. The fourth-order valence-electron chi connectivity index (χ4n) is 1.46. The number of benzene rings is 1. The number of carbonyl (C=O) groups excluding carboxylic acids is 1. The van der Waals surface area contributed by atoms with Crippen molar-refractivity contribution in [3.63, 3.8) is 0 Å². The first-order chi connectivity index (χ1) is 8.54. The summed E-state index contributed by atoms with van der Waals surface area (Å²) in [5.74, 6) is 0.345. The quantitative estimate of drug-likeness (QED) is 0.645. The van der Waals surface area contributed by atoms with Crippen LogP contribution in [0.2, 0.25) is 5.02 Å². The van der Waals surface area contributed by atoms with E-state index in [1.165, 1.54) is 7.11 Å². The zero-order valence-corrected chi connectivity index (χ0v) is 12.3. The molecule has 5 heteroatoms. The van der Waals surface area contributed by atoms with Crippen molar-refractivity contribution in [2.75, 3.05) is 12.9 Å². The summed E-state index contributed by atoms with van der Waals surface area (Å²) in [7, 11) is 1.40. The Hall–Kier alpha value is -0.710. The van der Waals surface area contributed by atoms with E-state index in [-0.39, 0.29) is 18.1 Å². The van der Waals surface area contributed by atoms with E-state index < -0.39 is 0 Å². The number of ether oxygens (including phenoxy) is 1. The Morgan fingerprint density at radius 2 is 2.11 bits per heavy atom. The average Bonchev–Trinajstić information content (AvgIpc) is 2.34. The van der Waals surface area contributed by atoms with Crippen LogP contribution in [-0.2, 0) is 9.53 Å². The predicted octanol–water partition coefficient (Wildman–Crippen LogP) is 2.97. The van der Waals surface area contributed by atoms with Crippen LogP contribution in [0.25, 0.3) is 0 Å². The second-order valence-electron chi connectivity index (χ2n) is 4.14. The molecule has 0 heterocycles. The highest BCUT2D eigenvalue weighted by molar-refractivity contribution is 7.99. The summed E-state index contributed by atoms with van der Waals surface area (Å²) in [6.07, 6.45) is 0. The third-order valence-electron chi connectivity index (χ3n) is 2.26. The Morgan fingerprint density at radius 1 is 1.44 bits per heavy atom. The van der Waals surface area contributed by atoms with Gasteiger partial charge in [-0.2, -0.15) is 0 Å². The van der Waals surface area contributed by atoms with Crippen LogP contribution in [0.15, 0.2) is 29.2 Å². The van der Waals surface area contributed by atoms with Crippen LogP contribution >= 0.6 is 23.4 Å². The molecule has 1 aromatic rings. The number of nitrogens with one attached hydrogen (secondary N) is 1. The normalized spacial score (nSPS) is 12.5. The van der Waals surface area contributed by atoms with E-state index in [1.807, 2.05) is 38.1 Å². The van der Waals surface area contributed by atoms with Crippen molar-refractivity contribution in [3.05, 3.63) is 29.3 Å². The maximum absolute atomic E-state index is 11.6. The molecule has 1 rings (SSSR count). The standard InChI is InChI=1S/C13H18ClNO2S/c1-9(2)15-11(13(16)17-3)8-18-12-7-5-4-6-10(12)14/h4-7,9,11,15H,8H2,1-3H3. The van der Waals surface area contributed by atoms with Gasteiger partial charge in [-0.1, -0.05) is 37.6 Å². The van der Waals surface area contributed by atoms with Gasteiger partial charge in [0.15, 0.2) is 0 Å². The number of hydrogen-bond donors (Lipinski definition) is 1. The molecule has 0 spiro atoms. The summed E-state index contributed by atoms with van der Waals surface area (Å²) in [5.41, 5.74) is 0. The number of thioether (sulfide) groups is 1. The third kappa shape index (κ3) is 4.88. The average molecular weight is 288 g/mol. The first-order valence-corrected chi connectivity index (χ1v) is 7.12. The molecule has 0 saturated heterocycles. The van der Waals surface area contributed by atoms with Crippen LogP contribution in [0.3, 0.4) is 0 Å². The van der Waals surface area contributed by atoms with Crippen molar-refractivity contribution in [2.45, 2.75) is 30.8 Å². The van der Waals surface area contributed by atoms with Gasteiger partial charge < -0.3 is 10.1 Å². The minimum Gasteiger partial charge on any atom is -0.468 e. The number of halogens is 1. The Kier molecular flexibility index (Phi) is 6.54. The molecule has 1 N–H and O–H groups in total. The van der Waals surface area contributed by atoms with Gasteiger partial charge in [0.1, 0.15) is 6.04 Å².